The molecular formula is C19H20O2. The fraction of sp³-hybridized carbons (Fsp3) is 0.316. The molecule has 0 N–H and O–H groups in total. The van der Waals surface area contributed by atoms with Crippen LogP contribution in [0, 0.1) is 13.8 Å². The lowest BCUT2D eigenvalue weighted by Gasteiger charge is -2.25. The van der Waals surface area contributed by atoms with E-state index in [4.69, 9.17) is 4.74 Å². The zero-order chi connectivity index (χ0) is 14.8. The topological polar surface area (TPSA) is 26.3 Å². The number of carbonyl (C=O) groups excluding carboxylic acids is 1. The first-order valence-electron chi connectivity index (χ1n) is 7.46. The van der Waals surface area contributed by atoms with Gasteiger partial charge in [-0.2, -0.15) is 0 Å². The van der Waals surface area contributed by atoms with Crippen LogP contribution in [0.15, 0.2) is 42.5 Å². The third-order valence-electron chi connectivity index (χ3n) is 4.22. The van der Waals surface area contributed by atoms with Crippen molar-refractivity contribution in [1.29, 1.82) is 0 Å². The van der Waals surface area contributed by atoms with Gasteiger partial charge in [0.1, 0.15) is 11.5 Å². The highest BCUT2D eigenvalue weighted by Gasteiger charge is 2.27. The van der Waals surface area contributed by atoms with Crippen LogP contribution in [0.5, 0.6) is 5.75 Å². The summed E-state index contributed by atoms with van der Waals surface area (Å²) in [5.74, 6) is 1.12. The van der Waals surface area contributed by atoms with E-state index in [0.29, 0.717) is 18.8 Å². The summed E-state index contributed by atoms with van der Waals surface area (Å²) >= 11 is 0. The first-order valence-corrected chi connectivity index (χ1v) is 7.46. The maximum atomic E-state index is 12.7. The van der Waals surface area contributed by atoms with Crippen LogP contribution in [0.2, 0.25) is 0 Å². The maximum Gasteiger partial charge on any atom is 0.144 e. The highest BCUT2D eigenvalue weighted by molar-refractivity contribution is 5.88. The van der Waals surface area contributed by atoms with Crippen molar-refractivity contribution in [2.45, 2.75) is 32.6 Å². The molecule has 1 aliphatic rings. The molecule has 0 bridgehead atoms. The number of hydrogen-bond donors (Lipinski definition) is 0. The lowest BCUT2D eigenvalue weighted by atomic mass is 9.86. The molecule has 0 fully saturated rings. The van der Waals surface area contributed by atoms with Gasteiger partial charge < -0.3 is 4.74 Å². The van der Waals surface area contributed by atoms with Crippen molar-refractivity contribution in [2.75, 3.05) is 6.61 Å². The summed E-state index contributed by atoms with van der Waals surface area (Å²) in [5.41, 5.74) is 4.58. The smallest absolute Gasteiger partial charge is 0.144 e. The highest BCUT2D eigenvalue weighted by atomic mass is 16.5. The van der Waals surface area contributed by atoms with Crippen LogP contribution in [0.1, 0.15) is 34.6 Å². The Labute approximate surface area is 125 Å². The number of fused-ring (bicyclic) bond motifs is 1. The summed E-state index contributed by atoms with van der Waals surface area (Å²) in [6, 6.07) is 14.2. The number of para-hydroxylation sites is 1. The zero-order valence-corrected chi connectivity index (χ0v) is 12.6. The van der Waals surface area contributed by atoms with E-state index in [2.05, 4.69) is 32.0 Å². The lowest BCUT2D eigenvalue weighted by molar-refractivity contribution is -0.120. The van der Waals surface area contributed by atoms with E-state index in [0.717, 1.165) is 23.3 Å². The number of carbonyl (C=O) groups is 1. The molecule has 1 aliphatic heterocycles. The van der Waals surface area contributed by atoms with E-state index in [9.17, 15) is 4.79 Å². The molecule has 0 saturated carbocycles. The van der Waals surface area contributed by atoms with Gasteiger partial charge in [0.25, 0.3) is 0 Å². The Morgan fingerprint density at radius 1 is 1.19 bits per heavy atom. The summed E-state index contributed by atoms with van der Waals surface area (Å²) in [6.45, 7) is 4.76. The van der Waals surface area contributed by atoms with Crippen molar-refractivity contribution in [3.8, 4) is 5.75 Å². The van der Waals surface area contributed by atoms with Gasteiger partial charge in [0.15, 0.2) is 0 Å². The Morgan fingerprint density at radius 2 is 2.00 bits per heavy atom. The Balaban J connectivity index is 1.85. The lowest BCUT2D eigenvalue weighted by Crippen LogP contribution is -2.22. The molecule has 0 saturated heterocycles. The Kier molecular flexibility index (Phi) is 3.78. The number of benzene rings is 2. The van der Waals surface area contributed by atoms with Gasteiger partial charge in [-0.15, -0.1) is 0 Å². The third-order valence-corrected chi connectivity index (χ3v) is 4.22. The van der Waals surface area contributed by atoms with E-state index >= 15 is 0 Å². The fourth-order valence-electron chi connectivity index (χ4n) is 2.98. The molecule has 2 heteroatoms. The summed E-state index contributed by atoms with van der Waals surface area (Å²) in [5, 5.41) is 0. The molecular weight excluding hydrogens is 260 g/mol. The normalized spacial score (nSPS) is 17.0. The van der Waals surface area contributed by atoms with Crippen LogP contribution in [-0.2, 0) is 11.2 Å². The number of rotatable bonds is 3. The van der Waals surface area contributed by atoms with Crippen LogP contribution >= 0.6 is 0 Å². The van der Waals surface area contributed by atoms with E-state index < -0.39 is 0 Å². The second-order valence-corrected chi connectivity index (χ2v) is 5.80. The zero-order valence-electron chi connectivity index (χ0n) is 12.6. The molecule has 21 heavy (non-hydrogen) atoms. The minimum Gasteiger partial charge on any atom is -0.493 e. The van der Waals surface area contributed by atoms with Gasteiger partial charge in [-0.3, -0.25) is 4.79 Å². The summed E-state index contributed by atoms with van der Waals surface area (Å²) in [4.78, 5) is 12.7. The second-order valence-electron chi connectivity index (χ2n) is 5.80. The van der Waals surface area contributed by atoms with Crippen LogP contribution in [0.25, 0.3) is 0 Å². The van der Waals surface area contributed by atoms with Crippen molar-refractivity contribution < 1.29 is 9.53 Å². The van der Waals surface area contributed by atoms with Crippen molar-refractivity contribution in [3.63, 3.8) is 0 Å². The van der Waals surface area contributed by atoms with Gasteiger partial charge in [0, 0.05) is 17.9 Å². The molecule has 108 valence electrons. The molecule has 2 aromatic rings. The van der Waals surface area contributed by atoms with Gasteiger partial charge in [0.2, 0.25) is 0 Å². The minimum atomic E-state index is -0.0325. The second kappa shape index (κ2) is 5.72. The van der Waals surface area contributed by atoms with Crippen LogP contribution in [0.3, 0.4) is 0 Å². The molecule has 1 heterocycles. The van der Waals surface area contributed by atoms with Gasteiger partial charge in [-0.1, -0.05) is 42.0 Å². The van der Waals surface area contributed by atoms with Crippen LogP contribution in [-0.4, -0.2) is 12.4 Å². The monoisotopic (exact) mass is 280 g/mol. The average Bonchev–Trinajstić information content (AvgIpc) is 2.50. The van der Waals surface area contributed by atoms with Crippen LogP contribution < -0.4 is 4.74 Å². The largest absolute Gasteiger partial charge is 0.493 e. The van der Waals surface area contributed by atoms with Gasteiger partial charge in [-0.05, 0) is 37.5 Å². The molecule has 2 aromatic carbocycles. The Hall–Kier alpha value is -2.09. The van der Waals surface area contributed by atoms with Crippen molar-refractivity contribution in [2.24, 2.45) is 0 Å². The third kappa shape index (κ3) is 2.85. The highest BCUT2D eigenvalue weighted by Crippen LogP contribution is 2.34. The van der Waals surface area contributed by atoms with Crippen molar-refractivity contribution in [1.82, 2.24) is 0 Å². The maximum absolute atomic E-state index is 12.7. The molecule has 0 spiro atoms. The SMILES string of the molecule is Cc1ccc(C)c(CC(=O)C2CCOc3ccccc32)c1. The number of hydrogen-bond acceptors (Lipinski definition) is 2. The number of aryl methyl sites for hydroxylation is 2. The summed E-state index contributed by atoms with van der Waals surface area (Å²) < 4.78 is 5.64. The number of ether oxygens (including phenoxy) is 1. The van der Waals surface area contributed by atoms with Crippen molar-refractivity contribution in [3.05, 3.63) is 64.7 Å². The first kappa shape index (κ1) is 13.9. The van der Waals surface area contributed by atoms with E-state index in [1.54, 1.807) is 0 Å². The van der Waals surface area contributed by atoms with Crippen LogP contribution in [0.4, 0.5) is 0 Å². The predicted molar refractivity (Wildman–Crippen MR) is 83.9 cm³/mol. The van der Waals surface area contributed by atoms with Gasteiger partial charge in [0.05, 0.1) is 6.61 Å². The Morgan fingerprint density at radius 3 is 2.86 bits per heavy atom. The Bertz CT molecular complexity index is 673. The molecule has 0 amide bonds. The fourth-order valence-corrected chi connectivity index (χ4v) is 2.98. The number of ketones is 1. The molecule has 1 unspecified atom stereocenters. The summed E-state index contributed by atoms with van der Waals surface area (Å²) in [6.07, 6.45) is 1.28. The van der Waals surface area contributed by atoms with Gasteiger partial charge >= 0.3 is 0 Å². The first-order chi connectivity index (χ1) is 10.1. The molecule has 0 aliphatic carbocycles. The van der Waals surface area contributed by atoms with E-state index in [-0.39, 0.29) is 5.92 Å². The van der Waals surface area contributed by atoms with E-state index in [1.165, 1.54) is 11.1 Å². The van der Waals surface area contributed by atoms with Crippen molar-refractivity contribution >= 4 is 5.78 Å². The predicted octanol–water partition coefficient (Wildman–Crippen LogP) is 3.98. The number of Topliss-reactive ketones (excluding diaryl/α,β-unsaturated/α-hetero) is 1. The molecule has 3 rings (SSSR count). The molecule has 2 nitrogen and oxygen atoms in total. The molecule has 1 atom stereocenters. The van der Waals surface area contributed by atoms with Gasteiger partial charge in [-0.25, -0.2) is 0 Å². The standard InChI is InChI=1S/C19H20O2/c1-13-7-8-14(2)15(11-13)12-18(20)16-9-10-21-19-6-4-3-5-17(16)19/h3-8,11,16H,9-10,12H2,1-2H3. The quantitative estimate of drug-likeness (QED) is 0.850. The average molecular weight is 280 g/mol. The molecule has 0 radical (unpaired) electrons. The minimum absolute atomic E-state index is 0.0325. The molecule has 0 aromatic heterocycles. The summed E-state index contributed by atoms with van der Waals surface area (Å²) in [7, 11) is 0. The van der Waals surface area contributed by atoms with E-state index in [1.807, 2.05) is 24.3 Å².